The van der Waals surface area contributed by atoms with Crippen molar-refractivity contribution < 1.29 is 23.9 Å². The molecule has 0 unspecified atom stereocenters. The van der Waals surface area contributed by atoms with E-state index in [0.717, 1.165) is 16.5 Å². The van der Waals surface area contributed by atoms with E-state index in [1.807, 2.05) is 30.5 Å². The summed E-state index contributed by atoms with van der Waals surface area (Å²) in [5.74, 6) is -0.960. The molecule has 166 valence electrons. The number of ether oxygens (including phenoxy) is 2. The Kier molecular flexibility index (Phi) is 6.11. The topological polar surface area (TPSA) is 101 Å². The molecule has 2 aromatic carbocycles. The van der Waals surface area contributed by atoms with Gasteiger partial charge in [0.2, 0.25) is 11.8 Å². The number of anilines is 1. The molecule has 3 aromatic rings. The summed E-state index contributed by atoms with van der Waals surface area (Å²) in [4.78, 5) is 42.7. The highest BCUT2D eigenvalue weighted by Gasteiger charge is 2.37. The van der Waals surface area contributed by atoms with Crippen molar-refractivity contribution in [2.45, 2.75) is 18.9 Å². The minimum atomic E-state index is -0.854. The molecule has 32 heavy (non-hydrogen) atoms. The van der Waals surface area contributed by atoms with Gasteiger partial charge in [0.15, 0.2) is 0 Å². The fraction of sp³-hybridized carbons (Fsp3) is 0.292. The summed E-state index contributed by atoms with van der Waals surface area (Å²) in [7, 11) is 2.85. The summed E-state index contributed by atoms with van der Waals surface area (Å²) in [5, 5.41) is 3.78. The number of aromatic amines is 1. The van der Waals surface area contributed by atoms with Crippen molar-refractivity contribution in [2.75, 3.05) is 25.7 Å². The first kappa shape index (κ1) is 21.4. The number of esters is 1. The van der Waals surface area contributed by atoms with Crippen LogP contribution in [0.15, 0.2) is 54.7 Å². The molecule has 1 aliphatic rings. The smallest absolute Gasteiger partial charge is 0.328 e. The Hall–Kier alpha value is -3.81. The molecule has 4 rings (SSSR count). The normalized spacial score (nSPS) is 16.8. The van der Waals surface area contributed by atoms with Gasteiger partial charge in [-0.1, -0.05) is 24.3 Å². The first-order valence-corrected chi connectivity index (χ1v) is 10.4. The number of hydrogen-bond acceptors (Lipinski definition) is 5. The second kappa shape index (κ2) is 9.13. The first-order chi connectivity index (χ1) is 15.5. The molecule has 0 radical (unpaired) electrons. The van der Waals surface area contributed by atoms with Gasteiger partial charge in [0, 0.05) is 48.2 Å². The van der Waals surface area contributed by atoms with Crippen LogP contribution >= 0.6 is 0 Å². The van der Waals surface area contributed by atoms with E-state index in [0.29, 0.717) is 11.4 Å². The van der Waals surface area contributed by atoms with E-state index in [1.54, 1.807) is 36.3 Å². The van der Waals surface area contributed by atoms with Crippen LogP contribution in [-0.2, 0) is 25.5 Å². The molecule has 2 N–H and O–H groups in total. The van der Waals surface area contributed by atoms with Crippen LogP contribution in [0.4, 0.5) is 5.69 Å². The average molecular weight is 435 g/mol. The maximum atomic E-state index is 13.0. The highest BCUT2D eigenvalue weighted by molar-refractivity contribution is 6.01. The fourth-order valence-corrected chi connectivity index (χ4v) is 4.06. The van der Waals surface area contributed by atoms with Gasteiger partial charge in [0.05, 0.1) is 20.1 Å². The Labute approximate surface area is 185 Å². The van der Waals surface area contributed by atoms with Crippen LogP contribution in [0.3, 0.4) is 0 Å². The number of nitrogens with one attached hydrogen (secondary N) is 2. The number of amides is 2. The number of H-pyrrole nitrogens is 1. The number of hydrogen-bond donors (Lipinski definition) is 2. The standard InChI is InChI=1S/C24H25N3O5/c1-31-18-7-5-6-17(12-18)27-14-16(11-22(27)28)23(29)26-21(24(30)32-2)10-15-13-25-20-9-4-3-8-19(15)20/h3-9,12-13,16,21,25H,10-11,14H2,1-2H3,(H,26,29)/t16-,21-/m0/s1. The SMILES string of the molecule is COC(=O)[C@H](Cc1c[nH]c2ccccc12)NC(=O)[C@H]1CC(=O)N(c2cccc(OC)c2)C1. The number of rotatable bonds is 7. The molecule has 2 heterocycles. The largest absolute Gasteiger partial charge is 0.497 e. The number of fused-ring (bicyclic) bond motifs is 1. The van der Waals surface area contributed by atoms with E-state index in [2.05, 4.69) is 10.3 Å². The minimum absolute atomic E-state index is 0.0734. The molecule has 0 spiro atoms. The molecule has 2 atom stereocenters. The van der Waals surface area contributed by atoms with Crippen LogP contribution in [0.25, 0.3) is 10.9 Å². The molecule has 1 saturated heterocycles. The highest BCUT2D eigenvalue weighted by Crippen LogP contribution is 2.28. The number of methoxy groups -OCH3 is 2. The molecule has 1 aromatic heterocycles. The number of carbonyl (C=O) groups excluding carboxylic acids is 3. The van der Waals surface area contributed by atoms with E-state index in [9.17, 15) is 14.4 Å². The van der Waals surface area contributed by atoms with Crippen molar-refractivity contribution in [1.29, 1.82) is 0 Å². The fourth-order valence-electron chi connectivity index (χ4n) is 4.06. The molecular formula is C24H25N3O5. The maximum absolute atomic E-state index is 13.0. The van der Waals surface area contributed by atoms with Gasteiger partial charge >= 0.3 is 5.97 Å². The zero-order chi connectivity index (χ0) is 22.7. The van der Waals surface area contributed by atoms with Crippen molar-refractivity contribution in [3.63, 3.8) is 0 Å². The molecule has 1 aliphatic heterocycles. The highest BCUT2D eigenvalue weighted by atomic mass is 16.5. The molecule has 0 bridgehead atoms. The van der Waals surface area contributed by atoms with Crippen molar-refractivity contribution >= 4 is 34.4 Å². The van der Waals surface area contributed by atoms with E-state index < -0.39 is 17.9 Å². The summed E-state index contributed by atoms with van der Waals surface area (Å²) < 4.78 is 10.1. The molecule has 8 nitrogen and oxygen atoms in total. The van der Waals surface area contributed by atoms with Gasteiger partial charge in [0.1, 0.15) is 11.8 Å². The van der Waals surface area contributed by atoms with Gasteiger partial charge in [-0.3, -0.25) is 9.59 Å². The third kappa shape index (κ3) is 4.30. The van der Waals surface area contributed by atoms with Crippen LogP contribution in [-0.4, -0.2) is 49.6 Å². The lowest BCUT2D eigenvalue weighted by Gasteiger charge is -2.20. The molecular weight excluding hydrogens is 410 g/mol. The Balaban J connectivity index is 1.47. The van der Waals surface area contributed by atoms with Gasteiger partial charge in [-0.05, 0) is 23.8 Å². The second-order valence-electron chi connectivity index (χ2n) is 7.75. The van der Waals surface area contributed by atoms with E-state index in [1.165, 1.54) is 7.11 Å². The number of para-hydroxylation sites is 1. The number of nitrogens with zero attached hydrogens (tertiary/aromatic N) is 1. The van der Waals surface area contributed by atoms with Crippen LogP contribution in [0, 0.1) is 5.92 Å². The predicted molar refractivity (Wildman–Crippen MR) is 119 cm³/mol. The lowest BCUT2D eigenvalue weighted by atomic mass is 10.0. The third-order valence-corrected chi connectivity index (χ3v) is 5.76. The summed E-state index contributed by atoms with van der Waals surface area (Å²) in [6, 6.07) is 14.0. The van der Waals surface area contributed by atoms with E-state index in [4.69, 9.17) is 9.47 Å². The Morgan fingerprint density at radius 3 is 2.78 bits per heavy atom. The second-order valence-corrected chi connectivity index (χ2v) is 7.75. The number of benzene rings is 2. The lowest BCUT2D eigenvalue weighted by molar-refractivity contribution is -0.145. The monoisotopic (exact) mass is 435 g/mol. The van der Waals surface area contributed by atoms with Crippen LogP contribution < -0.4 is 15.0 Å². The van der Waals surface area contributed by atoms with Crippen LogP contribution in [0.5, 0.6) is 5.75 Å². The van der Waals surface area contributed by atoms with Gasteiger partial charge < -0.3 is 24.7 Å². The summed E-state index contributed by atoms with van der Waals surface area (Å²) in [5.41, 5.74) is 2.53. The number of aromatic nitrogens is 1. The Morgan fingerprint density at radius 1 is 1.19 bits per heavy atom. The van der Waals surface area contributed by atoms with Crippen LogP contribution in [0.2, 0.25) is 0 Å². The molecule has 2 amide bonds. The van der Waals surface area contributed by atoms with Crippen LogP contribution in [0.1, 0.15) is 12.0 Å². The van der Waals surface area contributed by atoms with Gasteiger partial charge in [-0.15, -0.1) is 0 Å². The van der Waals surface area contributed by atoms with Crippen molar-refractivity contribution in [2.24, 2.45) is 5.92 Å². The van der Waals surface area contributed by atoms with E-state index in [-0.39, 0.29) is 31.2 Å². The van der Waals surface area contributed by atoms with Gasteiger partial charge in [-0.25, -0.2) is 4.79 Å². The summed E-state index contributed by atoms with van der Waals surface area (Å²) in [6.45, 7) is 0.235. The molecule has 0 saturated carbocycles. The van der Waals surface area contributed by atoms with Crippen molar-refractivity contribution in [3.05, 3.63) is 60.3 Å². The predicted octanol–water partition coefficient (Wildman–Crippen LogP) is 2.43. The maximum Gasteiger partial charge on any atom is 0.328 e. The lowest BCUT2D eigenvalue weighted by Crippen LogP contribution is -2.46. The summed E-state index contributed by atoms with van der Waals surface area (Å²) >= 11 is 0. The zero-order valence-corrected chi connectivity index (χ0v) is 18.0. The average Bonchev–Trinajstić information content (AvgIpc) is 3.41. The van der Waals surface area contributed by atoms with E-state index >= 15 is 0 Å². The molecule has 1 fully saturated rings. The quantitative estimate of drug-likeness (QED) is 0.555. The summed E-state index contributed by atoms with van der Waals surface area (Å²) in [6.07, 6.45) is 2.18. The third-order valence-electron chi connectivity index (χ3n) is 5.76. The van der Waals surface area contributed by atoms with Crippen molar-refractivity contribution in [1.82, 2.24) is 10.3 Å². The Bertz CT molecular complexity index is 1160. The van der Waals surface area contributed by atoms with Gasteiger partial charge in [0.25, 0.3) is 0 Å². The first-order valence-electron chi connectivity index (χ1n) is 10.4. The molecule has 8 heteroatoms. The van der Waals surface area contributed by atoms with Crippen molar-refractivity contribution in [3.8, 4) is 5.75 Å². The van der Waals surface area contributed by atoms with Gasteiger partial charge in [-0.2, -0.15) is 0 Å². The number of carbonyl (C=O) groups is 3. The minimum Gasteiger partial charge on any atom is -0.497 e. The Morgan fingerprint density at radius 2 is 2.00 bits per heavy atom. The zero-order valence-electron chi connectivity index (χ0n) is 18.0. The molecule has 0 aliphatic carbocycles.